The molecule has 0 aliphatic rings. The van der Waals surface area contributed by atoms with Crippen LogP contribution in [0.1, 0.15) is 37.5 Å². The highest BCUT2D eigenvalue weighted by Gasteiger charge is 2.16. The summed E-state index contributed by atoms with van der Waals surface area (Å²) in [5.74, 6) is -0.236. The molecular weight excluding hydrogens is 226 g/mol. The normalized spacial score (nSPS) is 12.1. The lowest BCUT2D eigenvalue weighted by atomic mass is 9.99. The largest absolute Gasteiger partial charge is 0.467 e. The third kappa shape index (κ3) is 3.25. The number of hydrogen-bond donors (Lipinski definition) is 1. The van der Waals surface area contributed by atoms with Crippen LogP contribution in [0.15, 0.2) is 12.1 Å². The third-order valence-electron chi connectivity index (χ3n) is 3.12. The number of carbonyl (C=O) groups is 1. The van der Waals surface area contributed by atoms with Crippen molar-refractivity contribution >= 4 is 11.7 Å². The smallest absolute Gasteiger partial charge is 0.327 e. The van der Waals surface area contributed by atoms with Gasteiger partial charge in [-0.1, -0.05) is 31.5 Å². The molecule has 1 rings (SSSR count). The molecule has 1 N–H and O–H groups in total. The van der Waals surface area contributed by atoms with Crippen molar-refractivity contribution in [1.82, 2.24) is 0 Å². The van der Waals surface area contributed by atoms with Gasteiger partial charge in [-0.2, -0.15) is 0 Å². The minimum Gasteiger partial charge on any atom is -0.467 e. The van der Waals surface area contributed by atoms with E-state index in [0.717, 1.165) is 18.5 Å². The first-order valence-electron chi connectivity index (χ1n) is 6.50. The molecule has 0 bridgehead atoms. The number of hydrogen-bond acceptors (Lipinski definition) is 3. The fraction of sp³-hybridized carbons (Fsp3) is 0.533. The van der Waals surface area contributed by atoms with Gasteiger partial charge in [0.15, 0.2) is 0 Å². The molecule has 1 atom stereocenters. The molecule has 0 aliphatic heterocycles. The average molecular weight is 249 g/mol. The molecule has 0 aromatic heterocycles. The SMILES string of the molecule is CCc1cc(C)cc(CC)c1N[C@@H](C)C(=O)OC. The van der Waals surface area contributed by atoms with Gasteiger partial charge in [0, 0.05) is 5.69 Å². The average Bonchev–Trinajstić information content (AvgIpc) is 2.38. The van der Waals surface area contributed by atoms with Crippen LogP contribution in [-0.2, 0) is 22.4 Å². The Balaban J connectivity index is 3.09. The predicted octanol–water partition coefficient (Wildman–Crippen LogP) is 3.09. The van der Waals surface area contributed by atoms with E-state index in [1.54, 1.807) is 0 Å². The van der Waals surface area contributed by atoms with Crippen LogP contribution >= 0.6 is 0 Å². The Labute approximate surface area is 110 Å². The molecule has 0 saturated carbocycles. The summed E-state index contributed by atoms with van der Waals surface area (Å²) in [5, 5.41) is 3.28. The van der Waals surface area contributed by atoms with Crippen molar-refractivity contribution in [2.24, 2.45) is 0 Å². The number of anilines is 1. The summed E-state index contributed by atoms with van der Waals surface area (Å²) in [6.45, 7) is 8.18. The molecule has 0 amide bonds. The van der Waals surface area contributed by atoms with Crippen LogP contribution < -0.4 is 5.32 Å². The summed E-state index contributed by atoms with van der Waals surface area (Å²) >= 11 is 0. The van der Waals surface area contributed by atoms with Crippen LogP contribution in [0.5, 0.6) is 0 Å². The molecule has 0 spiro atoms. The minimum absolute atomic E-state index is 0.236. The quantitative estimate of drug-likeness (QED) is 0.815. The summed E-state index contributed by atoms with van der Waals surface area (Å²) in [4.78, 5) is 11.5. The number of aryl methyl sites for hydroxylation is 3. The second kappa shape index (κ2) is 6.43. The standard InChI is InChI=1S/C15H23NO2/c1-6-12-8-10(3)9-13(7-2)14(12)16-11(4)15(17)18-5/h8-9,11,16H,6-7H2,1-5H3/t11-/m0/s1. The second-order valence-electron chi connectivity index (χ2n) is 4.55. The zero-order valence-corrected chi connectivity index (χ0v) is 12.0. The van der Waals surface area contributed by atoms with E-state index in [4.69, 9.17) is 4.74 Å². The van der Waals surface area contributed by atoms with E-state index in [2.05, 4.69) is 38.2 Å². The van der Waals surface area contributed by atoms with E-state index in [9.17, 15) is 4.79 Å². The zero-order valence-electron chi connectivity index (χ0n) is 12.0. The van der Waals surface area contributed by atoms with Crippen molar-refractivity contribution in [2.75, 3.05) is 12.4 Å². The van der Waals surface area contributed by atoms with Gasteiger partial charge in [-0.05, 0) is 37.8 Å². The third-order valence-corrected chi connectivity index (χ3v) is 3.12. The number of esters is 1. The van der Waals surface area contributed by atoms with E-state index in [-0.39, 0.29) is 12.0 Å². The van der Waals surface area contributed by atoms with Crippen LogP contribution in [0.4, 0.5) is 5.69 Å². The molecule has 3 heteroatoms. The van der Waals surface area contributed by atoms with Gasteiger partial charge < -0.3 is 10.1 Å². The minimum atomic E-state index is -0.326. The van der Waals surface area contributed by atoms with Crippen molar-refractivity contribution < 1.29 is 9.53 Å². The predicted molar refractivity (Wildman–Crippen MR) is 75.0 cm³/mol. The summed E-state index contributed by atoms with van der Waals surface area (Å²) in [6, 6.07) is 4.02. The molecule has 0 heterocycles. The van der Waals surface area contributed by atoms with Crippen molar-refractivity contribution in [3.05, 3.63) is 28.8 Å². The maximum absolute atomic E-state index is 11.5. The van der Waals surface area contributed by atoms with E-state index >= 15 is 0 Å². The topological polar surface area (TPSA) is 38.3 Å². The van der Waals surface area contributed by atoms with E-state index in [1.165, 1.54) is 23.8 Å². The Morgan fingerprint density at radius 2 is 1.78 bits per heavy atom. The Hall–Kier alpha value is -1.51. The molecule has 1 aromatic rings. The fourth-order valence-corrected chi connectivity index (χ4v) is 2.14. The zero-order chi connectivity index (χ0) is 13.7. The van der Waals surface area contributed by atoms with Crippen LogP contribution in [0.2, 0.25) is 0 Å². The van der Waals surface area contributed by atoms with Crippen molar-refractivity contribution in [1.29, 1.82) is 0 Å². The Morgan fingerprint density at radius 1 is 1.28 bits per heavy atom. The van der Waals surface area contributed by atoms with Crippen LogP contribution in [0.3, 0.4) is 0 Å². The summed E-state index contributed by atoms with van der Waals surface area (Å²) in [7, 11) is 1.41. The van der Waals surface area contributed by atoms with Crippen LogP contribution in [0.25, 0.3) is 0 Å². The maximum Gasteiger partial charge on any atom is 0.327 e. The lowest BCUT2D eigenvalue weighted by Crippen LogP contribution is -2.28. The van der Waals surface area contributed by atoms with Gasteiger partial charge in [-0.15, -0.1) is 0 Å². The van der Waals surface area contributed by atoms with Crippen LogP contribution in [0, 0.1) is 6.92 Å². The molecule has 0 saturated heterocycles. The molecule has 0 aliphatic carbocycles. The first-order chi connectivity index (χ1) is 8.53. The molecule has 100 valence electrons. The lowest BCUT2D eigenvalue weighted by molar-refractivity contribution is -0.141. The summed E-state index contributed by atoms with van der Waals surface area (Å²) < 4.78 is 4.75. The number of rotatable bonds is 5. The first-order valence-corrected chi connectivity index (χ1v) is 6.50. The monoisotopic (exact) mass is 249 g/mol. The van der Waals surface area contributed by atoms with Crippen molar-refractivity contribution in [2.45, 2.75) is 46.6 Å². The molecule has 3 nitrogen and oxygen atoms in total. The van der Waals surface area contributed by atoms with Gasteiger partial charge >= 0.3 is 5.97 Å². The molecular formula is C15H23NO2. The molecule has 18 heavy (non-hydrogen) atoms. The van der Waals surface area contributed by atoms with E-state index in [0.29, 0.717) is 0 Å². The van der Waals surface area contributed by atoms with Gasteiger partial charge in [0.05, 0.1) is 7.11 Å². The van der Waals surface area contributed by atoms with Crippen LogP contribution in [-0.4, -0.2) is 19.1 Å². The maximum atomic E-state index is 11.5. The molecule has 0 fully saturated rings. The van der Waals surface area contributed by atoms with Gasteiger partial charge in [0.2, 0.25) is 0 Å². The highest BCUT2D eigenvalue weighted by atomic mass is 16.5. The number of carbonyl (C=O) groups excluding carboxylic acids is 1. The Bertz CT molecular complexity index is 401. The summed E-state index contributed by atoms with van der Waals surface area (Å²) in [6.07, 6.45) is 1.90. The Morgan fingerprint density at radius 3 is 2.17 bits per heavy atom. The molecule has 1 aromatic carbocycles. The van der Waals surface area contributed by atoms with Gasteiger partial charge in [0.1, 0.15) is 6.04 Å². The summed E-state index contributed by atoms with van der Waals surface area (Å²) in [5.41, 5.74) is 4.86. The fourth-order valence-electron chi connectivity index (χ4n) is 2.14. The van der Waals surface area contributed by atoms with Crippen molar-refractivity contribution in [3.63, 3.8) is 0 Å². The number of methoxy groups -OCH3 is 1. The first kappa shape index (κ1) is 14.6. The number of ether oxygens (including phenoxy) is 1. The van der Waals surface area contributed by atoms with Gasteiger partial charge in [-0.3, -0.25) is 0 Å². The lowest BCUT2D eigenvalue weighted by Gasteiger charge is -2.20. The van der Waals surface area contributed by atoms with Crippen molar-refractivity contribution in [3.8, 4) is 0 Å². The highest BCUT2D eigenvalue weighted by molar-refractivity contribution is 5.79. The second-order valence-corrected chi connectivity index (χ2v) is 4.55. The Kier molecular flexibility index (Phi) is 5.20. The molecule has 0 unspecified atom stereocenters. The van der Waals surface area contributed by atoms with E-state index < -0.39 is 0 Å². The van der Waals surface area contributed by atoms with Gasteiger partial charge in [0.25, 0.3) is 0 Å². The van der Waals surface area contributed by atoms with Gasteiger partial charge in [-0.25, -0.2) is 4.79 Å². The van der Waals surface area contributed by atoms with E-state index in [1.807, 2.05) is 6.92 Å². The number of nitrogens with one attached hydrogen (secondary N) is 1. The number of benzene rings is 1. The molecule has 0 radical (unpaired) electrons. The highest BCUT2D eigenvalue weighted by Crippen LogP contribution is 2.25.